The Kier molecular flexibility index (Phi) is 6.10. The molecule has 1 aliphatic rings. The van der Waals surface area contributed by atoms with Crippen LogP contribution >= 0.6 is 0 Å². The lowest BCUT2D eigenvalue weighted by Gasteiger charge is -2.28. The Labute approximate surface area is 177 Å². The van der Waals surface area contributed by atoms with E-state index in [0.29, 0.717) is 5.56 Å². The minimum absolute atomic E-state index is 0.219. The van der Waals surface area contributed by atoms with Gasteiger partial charge in [0.1, 0.15) is 0 Å². The maximum absolute atomic E-state index is 12.0. The fourth-order valence-corrected chi connectivity index (χ4v) is 4.14. The van der Waals surface area contributed by atoms with Crippen LogP contribution in [0.25, 0.3) is 11.1 Å². The SMILES string of the molecule is NC(=O)c1ccc(-c2ccccc2Cc2ccccn2)cc1NC1CCC(O)CC1. The molecule has 0 saturated heterocycles. The van der Waals surface area contributed by atoms with Crippen LogP contribution in [0.15, 0.2) is 66.9 Å². The molecule has 1 saturated carbocycles. The molecule has 2 aromatic carbocycles. The molecule has 1 heterocycles. The molecule has 1 amide bonds. The Morgan fingerprint density at radius 1 is 1.03 bits per heavy atom. The van der Waals surface area contributed by atoms with Crippen molar-refractivity contribution in [2.75, 3.05) is 5.32 Å². The van der Waals surface area contributed by atoms with Crippen LogP contribution in [0.3, 0.4) is 0 Å². The summed E-state index contributed by atoms with van der Waals surface area (Å²) in [4.78, 5) is 16.5. The van der Waals surface area contributed by atoms with Gasteiger partial charge in [-0.2, -0.15) is 0 Å². The van der Waals surface area contributed by atoms with Crippen molar-refractivity contribution < 1.29 is 9.90 Å². The third kappa shape index (κ3) is 4.69. The largest absolute Gasteiger partial charge is 0.393 e. The highest BCUT2D eigenvalue weighted by Gasteiger charge is 2.21. The zero-order chi connectivity index (χ0) is 20.9. The highest BCUT2D eigenvalue weighted by molar-refractivity contribution is 5.99. The molecule has 30 heavy (non-hydrogen) atoms. The van der Waals surface area contributed by atoms with Gasteiger partial charge in [0.2, 0.25) is 0 Å². The molecule has 4 rings (SSSR count). The van der Waals surface area contributed by atoms with Crippen molar-refractivity contribution >= 4 is 11.6 Å². The summed E-state index contributed by atoms with van der Waals surface area (Å²) in [6, 6.07) is 20.2. The lowest BCUT2D eigenvalue weighted by atomic mass is 9.92. The standard InChI is InChI=1S/C25H27N3O2/c26-25(30)23-13-8-18(16-24(23)28-19-9-11-21(29)12-10-19)22-7-2-1-5-17(22)15-20-6-3-4-14-27-20/h1-8,13-14,16,19,21,28-29H,9-12,15H2,(H2,26,30). The highest BCUT2D eigenvalue weighted by atomic mass is 16.3. The van der Waals surface area contributed by atoms with Crippen LogP contribution in [0.2, 0.25) is 0 Å². The molecule has 154 valence electrons. The van der Waals surface area contributed by atoms with E-state index in [1.54, 1.807) is 6.07 Å². The van der Waals surface area contributed by atoms with Gasteiger partial charge in [-0.05, 0) is 66.6 Å². The van der Waals surface area contributed by atoms with Crippen molar-refractivity contribution in [1.29, 1.82) is 0 Å². The average Bonchev–Trinajstić information content (AvgIpc) is 2.76. The molecular formula is C25H27N3O2. The van der Waals surface area contributed by atoms with E-state index in [2.05, 4.69) is 22.4 Å². The van der Waals surface area contributed by atoms with Gasteiger partial charge in [-0.25, -0.2) is 0 Å². The van der Waals surface area contributed by atoms with E-state index in [4.69, 9.17) is 5.73 Å². The molecule has 0 bridgehead atoms. The van der Waals surface area contributed by atoms with Gasteiger partial charge in [-0.1, -0.05) is 36.4 Å². The van der Waals surface area contributed by atoms with Crippen LogP contribution in [0.1, 0.15) is 47.3 Å². The second-order valence-corrected chi connectivity index (χ2v) is 7.93. The predicted octanol–water partition coefficient (Wildman–Crippen LogP) is 4.15. The number of aliphatic hydroxyl groups excluding tert-OH is 1. The zero-order valence-corrected chi connectivity index (χ0v) is 16.9. The average molecular weight is 402 g/mol. The maximum atomic E-state index is 12.0. The van der Waals surface area contributed by atoms with Gasteiger partial charge in [0, 0.05) is 30.0 Å². The van der Waals surface area contributed by atoms with E-state index >= 15 is 0 Å². The van der Waals surface area contributed by atoms with Gasteiger partial charge in [0.25, 0.3) is 5.91 Å². The first-order chi connectivity index (χ1) is 14.6. The first-order valence-electron chi connectivity index (χ1n) is 10.5. The molecule has 0 spiro atoms. The van der Waals surface area contributed by atoms with E-state index in [0.717, 1.165) is 54.6 Å². The molecule has 0 atom stereocenters. The number of anilines is 1. The third-order valence-electron chi connectivity index (χ3n) is 5.77. The molecule has 0 radical (unpaired) electrons. The smallest absolute Gasteiger partial charge is 0.250 e. The number of aliphatic hydroxyl groups is 1. The van der Waals surface area contributed by atoms with Gasteiger partial charge in [-0.15, -0.1) is 0 Å². The van der Waals surface area contributed by atoms with Gasteiger partial charge in [0.05, 0.1) is 11.7 Å². The van der Waals surface area contributed by atoms with Crippen LogP contribution < -0.4 is 11.1 Å². The van der Waals surface area contributed by atoms with Crippen LogP contribution in [-0.4, -0.2) is 28.1 Å². The Hall–Kier alpha value is -3.18. The maximum Gasteiger partial charge on any atom is 0.250 e. The Morgan fingerprint density at radius 3 is 2.53 bits per heavy atom. The summed E-state index contributed by atoms with van der Waals surface area (Å²) in [7, 11) is 0. The van der Waals surface area contributed by atoms with E-state index in [-0.39, 0.29) is 12.1 Å². The number of amides is 1. The van der Waals surface area contributed by atoms with Crippen LogP contribution in [0.5, 0.6) is 0 Å². The number of benzene rings is 2. The number of carbonyl (C=O) groups is 1. The summed E-state index contributed by atoms with van der Waals surface area (Å²) < 4.78 is 0. The molecule has 4 N–H and O–H groups in total. The van der Waals surface area contributed by atoms with Crippen molar-refractivity contribution in [3.63, 3.8) is 0 Å². The van der Waals surface area contributed by atoms with Crippen molar-refractivity contribution in [3.8, 4) is 11.1 Å². The quantitative estimate of drug-likeness (QED) is 0.579. The summed E-state index contributed by atoms with van der Waals surface area (Å²) in [5.41, 5.74) is 11.2. The fraction of sp³-hybridized carbons (Fsp3) is 0.280. The second kappa shape index (κ2) is 9.09. The van der Waals surface area contributed by atoms with Crippen LogP contribution in [0, 0.1) is 0 Å². The molecule has 5 nitrogen and oxygen atoms in total. The van der Waals surface area contributed by atoms with E-state index < -0.39 is 5.91 Å². The number of hydrogen-bond acceptors (Lipinski definition) is 4. The summed E-state index contributed by atoms with van der Waals surface area (Å²) in [6.45, 7) is 0. The number of carbonyl (C=O) groups excluding carboxylic acids is 1. The Morgan fingerprint density at radius 2 is 1.80 bits per heavy atom. The van der Waals surface area contributed by atoms with Crippen LogP contribution in [-0.2, 0) is 6.42 Å². The lowest BCUT2D eigenvalue weighted by Crippen LogP contribution is -2.29. The molecule has 5 heteroatoms. The van der Waals surface area contributed by atoms with Crippen LogP contribution in [0.4, 0.5) is 5.69 Å². The predicted molar refractivity (Wildman–Crippen MR) is 119 cm³/mol. The first-order valence-corrected chi connectivity index (χ1v) is 10.5. The van der Waals surface area contributed by atoms with E-state index in [1.807, 2.05) is 48.7 Å². The summed E-state index contributed by atoms with van der Waals surface area (Å²) in [5, 5.41) is 13.3. The highest BCUT2D eigenvalue weighted by Crippen LogP contribution is 2.31. The van der Waals surface area contributed by atoms with E-state index in [9.17, 15) is 9.90 Å². The lowest BCUT2D eigenvalue weighted by molar-refractivity contribution is 0.100. The zero-order valence-electron chi connectivity index (χ0n) is 16.9. The molecular weight excluding hydrogens is 374 g/mol. The number of aromatic nitrogens is 1. The molecule has 0 aliphatic heterocycles. The number of nitrogens with one attached hydrogen (secondary N) is 1. The minimum Gasteiger partial charge on any atom is -0.393 e. The van der Waals surface area contributed by atoms with Gasteiger partial charge in [0.15, 0.2) is 0 Å². The number of rotatable bonds is 6. The monoisotopic (exact) mass is 401 g/mol. The Bertz CT molecular complexity index is 1010. The number of nitrogens with two attached hydrogens (primary N) is 1. The summed E-state index contributed by atoms with van der Waals surface area (Å²) >= 11 is 0. The van der Waals surface area contributed by atoms with Gasteiger partial charge in [-0.3, -0.25) is 9.78 Å². The van der Waals surface area contributed by atoms with Crippen molar-refractivity contribution in [1.82, 2.24) is 4.98 Å². The summed E-state index contributed by atoms with van der Waals surface area (Å²) in [6.07, 6.45) is 5.62. The summed E-state index contributed by atoms with van der Waals surface area (Å²) in [5.74, 6) is -0.443. The van der Waals surface area contributed by atoms with Gasteiger partial charge < -0.3 is 16.2 Å². The van der Waals surface area contributed by atoms with Crippen molar-refractivity contribution in [2.45, 2.75) is 44.2 Å². The third-order valence-corrected chi connectivity index (χ3v) is 5.77. The van der Waals surface area contributed by atoms with Gasteiger partial charge >= 0.3 is 0 Å². The first kappa shape index (κ1) is 20.1. The number of primary amides is 1. The normalized spacial score (nSPS) is 18.7. The number of nitrogens with zero attached hydrogens (tertiary/aromatic N) is 1. The number of pyridine rings is 1. The van der Waals surface area contributed by atoms with Crippen molar-refractivity contribution in [2.24, 2.45) is 5.73 Å². The number of hydrogen-bond donors (Lipinski definition) is 3. The molecule has 3 aromatic rings. The molecule has 1 aromatic heterocycles. The molecule has 0 unspecified atom stereocenters. The topological polar surface area (TPSA) is 88.2 Å². The second-order valence-electron chi connectivity index (χ2n) is 7.93. The van der Waals surface area contributed by atoms with Crippen molar-refractivity contribution in [3.05, 3.63) is 83.7 Å². The fourth-order valence-electron chi connectivity index (χ4n) is 4.14. The minimum atomic E-state index is -0.443. The molecule has 1 aliphatic carbocycles. The molecule has 1 fully saturated rings. The van der Waals surface area contributed by atoms with E-state index in [1.165, 1.54) is 5.56 Å². The Balaban J connectivity index is 1.66.